The normalized spacial score (nSPS) is 11.5. The van der Waals surface area contributed by atoms with Crippen LogP contribution < -0.4 is 5.43 Å². The maximum atomic E-state index is 12.3. The van der Waals surface area contributed by atoms with Crippen LogP contribution in [-0.2, 0) is 7.05 Å². The average Bonchev–Trinajstić information content (AvgIpc) is 3.17. The van der Waals surface area contributed by atoms with Crippen molar-refractivity contribution in [2.75, 3.05) is 0 Å². The average molecular weight is 316 g/mol. The zero-order chi connectivity index (χ0) is 16.5. The second-order valence-electron chi connectivity index (χ2n) is 5.66. The molecule has 2 aromatic carbocycles. The summed E-state index contributed by atoms with van der Waals surface area (Å²) in [4.78, 5) is 15.4. The number of aryl methyl sites for hydroxylation is 1. The number of carbonyl (C=O) groups is 1. The smallest absolute Gasteiger partial charge is 0.273 e. The van der Waals surface area contributed by atoms with Crippen LogP contribution in [0.4, 0.5) is 0 Å². The second-order valence-corrected chi connectivity index (χ2v) is 5.66. The van der Waals surface area contributed by atoms with Gasteiger partial charge in [0.2, 0.25) is 0 Å². The number of hydrogen-bond donors (Lipinski definition) is 2. The number of benzene rings is 2. The molecule has 0 aliphatic carbocycles. The van der Waals surface area contributed by atoms with Gasteiger partial charge in [-0.1, -0.05) is 36.4 Å². The highest BCUT2D eigenvalue weighted by molar-refractivity contribution is 6.07. The van der Waals surface area contributed by atoms with Gasteiger partial charge in [0.05, 0.1) is 11.8 Å². The van der Waals surface area contributed by atoms with Crippen molar-refractivity contribution in [2.45, 2.75) is 0 Å². The van der Waals surface area contributed by atoms with Crippen molar-refractivity contribution in [3.05, 3.63) is 72.1 Å². The minimum atomic E-state index is -0.232. The molecule has 0 atom stereocenters. The van der Waals surface area contributed by atoms with Crippen LogP contribution in [-0.4, -0.2) is 21.7 Å². The zero-order valence-electron chi connectivity index (χ0n) is 13.2. The Bertz CT molecular complexity index is 1070. The second kappa shape index (κ2) is 5.70. The van der Waals surface area contributed by atoms with Gasteiger partial charge < -0.3 is 9.55 Å². The van der Waals surface area contributed by atoms with Crippen molar-refractivity contribution in [3.8, 4) is 0 Å². The maximum absolute atomic E-state index is 12.3. The number of nitrogens with one attached hydrogen (secondary N) is 2. The Hall–Kier alpha value is -3.34. The van der Waals surface area contributed by atoms with Crippen LogP contribution >= 0.6 is 0 Å². The van der Waals surface area contributed by atoms with Crippen LogP contribution in [0, 0.1) is 0 Å². The molecule has 0 unspecified atom stereocenters. The van der Waals surface area contributed by atoms with Gasteiger partial charge in [0, 0.05) is 46.8 Å². The van der Waals surface area contributed by atoms with E-state index in [0.29, 0.717) is 5.56 Å². The maximum Gasteiger partial charge on any atom is 0.273 e. The van der Waals surface area contributed by atoms with Crippen molar-refractivity contribution in [2.24, 2.45) is 12.1 Å². The van der Waals surface area contributed by atoms with Crippen LogP contribution in [0.15, 0.2) is 66.0 Å². The van der Waals surface area contributed by atoms with Crippen LogP contribution in [0.1, 0.15) is 15.9 Å². The van der Waals surface area contributed by atoms with Crippen LogP contribution in [0.2, 0.25) is 0 Å². The quantitative estimate of drug-likeness (QED) is 0.441. The molecule has 24 heavy (non-hydrogen) atoms. The number of amides is 1. The van der Waals surface area contributed by atoms with Crippen LogP contribution in [0.25, 0.3) is 21.8 Å². The van der Waals surface area contributed by atoms with Gasteiger partial charge in [0.15, 0.2) is 0 Å². The zero-order valence-corrected chi connectivity index (χ0v) is 13.2. The first kappa shape index (κ1) is 14.3. The van der Waals surface area contributed by atoms with Gasteiger partial charge in [0.25, 0.3) is 5.91 Å². The molecule has 5 nitrogen and oxygen atoms in total. The van der Waals surface area contributed by atoms with E-state index in [4.69, 9.17) is 0 Å². The highest BCUT2D eigenvalue weighted by Crippen LogP contribution is 2.19. The van der Waals surface area contributed by atoms with Gasteiger partial charge in [-0.3, -0.25) is 4.79 Å². The number of hydrogen-bond acceptors (Lipinski definition) is 2. The third kappa shape index (κ3) is 2.36. The van der Waals surface area contributed by atoms with E-state index in [-0.39, 0.29) is 5.91 Å². The largest absolute Gasteiger partial charge is 0.360 e. The molecule has 0 aliphatic heterocycles. The van der Waals surface area contributed by atoms with E-state index in [9.17, 15) is 4.79 Å². The van der Waals surface area contributed by atoms with E-state index in [1.807, 2.05) is 60.3 Å². The van der Waals surface area contributed by atoms with Crippen molar-refractivity contribution < 1.29 is 4.79 Å². The summed E-state index contributed by atoms with van der Waals surface area (Å²) in [6.45, 7) is 0. The molecular weight excluding hydrogens is 300 g/mol. The predicted octanol–water partition coefficient (Wildman–Crippen LogP) is 3.42. The molecule has 0 saturated heterocycles. The fraction of sp³-hybridized carbons (Fsp3) is 0.0526. The van der Waals surface area contributed by atoms with Crippen LogP contribution in [0.5, 0.6) is 0 Å². The minimum Gasteiger partial charge on any atom is -0.360 e. The lowest BCUT2D eigenvalue weighted by Crippen LogP contribution is -2.17. The molecule has 5 heteroatoms. The number of carbonyl (C=O) groups excluding carboxylic acids is 1. The number of fused-ring (bicyclic) bond motifs is 2. The molecule has 1 amide bonds. The summed E-state index contributed by atoms with van der Waals surface area (Å²) in [6.07, 6.45) is 5.37. The Morgan fingerprint density at radius 2 is 1.88 bits per heavy atom. The number of H-pyrrole nitrogens is 1. The highest BCUT2D eigenvalue weighted by Gasteiger charge is 2.10. The molecule has 0 spiro atoms. The Morgan fingerprint density at radius 3 is 2.75 bits per heavy atom. The summed E-state index contributed by atoms with van der Waals surface area (Å²) < 4.78 is 2.04. The van der Waals surface area contributed by atoms with Gasteiger partial charge >= 0.3 is 0 Å². The van der Waals surface area contributed by atoms with Gasteiger partial charge in [-0.25, -0.2) is 5.43 Å². The molecule has 2 aromatic heterocycles. The SMILES string of the molecule is Cn1cc(/C=N/NC(=O)c2c[nH]c3ccccc23)c2ccccc21. The number of rotatable bonds is 3. The molecular formula is C19H16N4O. The standard InChI is InChI=1S/C19H16N4O/c1-23-12-13(14-6-3-5-9-18(14)23)10-21-22-19(24)16-11-20-17-8-4-2-7-15(16)17/h2-12,20H,1H3,(H,22,24)/b21-10+. The summed E-state index contributed by atoms with van der Waals surface area (Å²) in [5.74, 6) is -0.232. The Labute approximate surface area is 138 Å². The minimum absolute atomic E-state index is 0.232. The molecule has 0 saturated carbocycles. The number of aromatic nitrogens is 2. The molecule has 118 valence electrons. The number of aromatic amines is 1. The fourth-order valence-corrected chi connectivity index (χ4v) is 2.96. The van der Waals surface area contributed by atoms with E-state index < -0.39 is 0 Å². The molecule has 0 bridgehead atoms. The third-order valence-electron chi connectivity index (χ3n) is 4.13. The van der Waals surface area contributed by atoms with E-state index in [0.717, 1.165) is 27.4 Å². The molecule has 4 rings (SSSR count). The third-order valence-corrected chi connectivity index (χ3v) is 4.13. The summed E-state index contributed by atoms with van der Waals surface area (Å²) in [6, 6.07) is 15.8. The lowest BCUT2D eigenvalue weighted by atomic mass is 10.2. The van der Waals surface area contributed by atoms with Gasteiger partial charge in [-0.2, -0.15) is 5.10 Å². The summed E-state index contributed by atoms with van der Waals surface area (Å²) >= 11 is 0. The lowest BCUT2D eigenvalue weighted by molar-refractivity contribution is 0.0957. The van der Waals surface area contributed by atoms with Crippen LogP contribution in [0.3, 0.4) is 0 Å². The number of nitrogens with zero attached hydrogens (tertiary/aromatic N) is 2. The molecule has 0 fully saturated rings. The molecule has 0 aliphatic rings. The Morgan fingerprint density at radius 1 is 1.12 bits per heavy atom. The topological polar surface area (TPSA) is 62.2 Å². The molecule has 2 N–H and O–H groups in total. The first-order chi connectivity index (χ1) is 11.7. The summed E-state index contributed by atoms with van der Waals surface area (Å²) in [7, 11) is 1.99. The summed E-state index contributed by atoms with van der Waals surface area (Å²) in [5, 5.41) is 6.10. The molecule has 2 heterocycles. The van der Waals surface area contributed by atoms with E-state index >= 15 is 0 Å². The highest BCUT2D eigenvalue weighted by atomic mass is 16.2. The number of para-hydroxylation sites is 2. The fourth-order valence-electron chi connectivity index (χ4n) is 2.96. The summed E-state index contributed by atoms with van der Waals surface area (Å²) in [5.41, 5.74) is 6.21. The van der Waals surface area contributed by atoms with Gasteiger partial charge in [0.1, 0.15) is 0 Å². The van der Waals surface area contributed by atoms with E-state index in [1.54, 1.807) is 12.4 Å². The first-order valence-electron chi connectivity index (χ1n) is 7.67. The van der Waals surface area contributed by atoms with E-state index in [2.05, 4.69) is 21.6 Å². The van der Waals surface area contributed by atoms with Crippen molar-refractivity contribution in [1.82, 2.24) is 15.0 Å². The lowest BCUT2D eigenvalue weighted by Gasteiger charge is -1.97. The van der Waals surface area contributed by atoms with Crippen molar-refractivity contribution in [1.29, 1.82) is 0 Å². The van der Waals surface area contributed by atoms with Gasteiger partial charge in [-0.15, -0.1) is 0 Å². The van der Waals surface area contributed by atoms with E-state index in [1.165, 1.54) is 0 Å². The molecule has 4 aromatic rings. The van der Waals surface area contributed by atoms with Crippen molar-refractivity contribution in [3.63, 3.8) is 0 Å². The Balaban J connectivity index is 1.57. The van der Waals surface area contributed by atoms with Gasteiger partial charge in [-0.05, 0) is 12.1 Å². The Kier molecular flexibility index (Phi) is 3.39. The predicted molar refractivity (Wildman–Crippen MR) is 96.3 cm³/mol. The molecule has 0 radical (unpaired) electrons. The number of hydrazone groups is 1. The van der Waals surface area contributed by atoms with Crippen molar-refractivity contribution >= 4 is 33.9 Å². The monoisotopic (exact) mass is 316 g/mol. The first-order valence-corrected chi connectivity index (χ1v) is 7.67.